The number of imidazole rings is 1. The minimum atomic E-state index is -0.393. The largest absolute Gasteiger partial charge is 0.494 e. The summed E-state index contributed by atoms with van der Waals surface area (Å²) in [5, 5.41) is 5.73. The first-order valence-electron chi connectivity index (χ1n) is 10.6. The number of ether oxygens (including phenoxy) is 2. The van der Waals surface area contributed by atoms with Gasteiger partial charge in [-0.15, -0.1) is 0 Å². The number of carbonyl (C=O) groups excluding carboxylic acids is 1. The number of H-pyrrole nitrogens is 1. The maximum absolute atomic E-state index is 12.7. The molecule has 0 fully saturated rings. The average Bonchev–Trinajstić information content (AvgIpc) is 3.22. The fourth-order valence-electron chi connectivity index (χ4n) is 3.85. The summed E-state index contributed by atoms with van der Waals surface area (Å²) in [6, 6.07) is 18.7. The molecule has 0 saturated carbocycles. The Morgan fingerprint density at radius 3 is 2.67 bits per heavy atom. The molecule has 0 unspecified atom stereocenters. The SMILES string of the molecule is COc1c(NC(=O)Nc2ccc3[nH]c(-c4ccccc4)nc3c2)ccc2c1C=CC(C)(C)O2. The van der Waals surface area contributed by atoms with Crippen LogP contribution >= 0.6 is 0 Å². The summed E-state index contributed by atoms with van der Waals surface area (Å²) in [6.45, 7) is 3.97. The summed E-state index contributed by atoms with van der Waals surface area (Å²) in [4.78, 5) is 20.7. The minimum Gasteiger partial charge on any atom is -0.494 e. The van der Waals surface area contributed by atoms with Crippen LogP contribution in [0.2, 0.25) is 0 Å². The number of nitrogens with one attached hydrogen (secondary N) is 3. The number of urea groups is 1. The number of nitrogens with zero attached hydrogens (tertiary/aromatic N) is 1. The molecule has 0 bridgehead atoms. The van der Waals surface area contributed by atoms with E-state index in [1.165, 1.54) is 0 Å². The van der Waals surface area contributed by atoms with Crippen molar-refractivity contribution in [2.75, 3.05) is 17.7 Å². The highest BCUT2D eigenvalue weighted by Gasteiger charge is 2.25. The predicted molar refractivity (Wildman–Crippen MR) is 131 cm³/mol. The van der Waals surface area contributed by atoms with Gasteiger partial charge >= 0.3 is 6.03 Å². The molecule has 7 nitrogen and oxygen atoms in total. The fraction of sp³-hybridized carbons (Fsp3) is 0.154. The normalized spacial score (nSPS) is 13.8. The maximum Gasteiger partial charge on any atom is 0.323 e. The Morgan fingerprint density at radius 2 is 1.88 bits per heavy atom. The number of hydrogen-bond donors (Lipinski definition) is 3. The lowest BCUT2D eigenvalue weighted by Gasteiger charge is -2.29. The van der Waals surface area contributed by atoms with Crippen molar-refractivity contribution < 1.29 is 14.3 Å². The highest BCUT2D eigenvalue weighted by Crippen LogP contribution is 2.41. The number of anilines is 2. The monoisotopic (exact) mass is 440 g/mol. The molecule has 7 heteroatoms. The van der Waals surface area contributed by atoms with Crippen molar-refractivity contribution in [1.29, 1.82) is 0 Å². The van der Waals surface area contributed by atoms with Gasteiger partial charge in [0.15, 0.2) is 5.75 Å². The first-order valence-corrected chi connectivity index (χ1v) is 10.6. The van der Waals surface area contributed by atoms with E-state index in [-0.39, 0.29) is 6.03 Å². The molecular formula is C26H24N4O3. The number of benzene rings is 3. The molecule has 3 aromatic carbocycles. The molecule has 2 heterocycles. The van der Waals surface area contributed by atoms with Crippen molar-refractivity contribution in [1.82, 2.24) is 9.97 Å². The van der Waals surface area contributed by atoms with E-state index < -0.39 is 5.60 Å². The molecule has 1 aliphatic rings. The zero-order valence-electron chi connectivity index (χ0n) is 18.6. The van der Waals surface area contributed by atoms with Crippen molar-refractivity contribution in [3.63, 3.8) is 0 Å². The average molecular weight is 441 g/mol. The third-order valence-electron chi connectivity index (χ3n) is 5.42. The van der Waals surface area contributed by atoms with Crippen LogP contribution in [0.25, 0.3) is 28.5 Å². The van der Waals surface area contributed by atoms with Crippen LogP contribution < -0.4 is 20.1 Å². The molecule has 1 aromatic heterocycles. The van der Waals surface area contributed by atoms with Gasteiger partial charge in [-0.3, -0.25) is 0 Å². The molecule has 0 saturated heterocycles. The molecule has 0 atom stereocenters. The molecule has 2 amide bonds. The quantitative estimate of drug-likeness (QED) is 0.360. The molecule has 0 aliphatic carbocycles. The van der Waals surface area contributed by atoms with Gasteiger partial charge in [0.2, 0.25) is 0 Å². The summed E-state index contributed by atoms with van der Waals surface area (Å²) in [5.74, 6) is 2.04. The zero-order valence-corrected chi connectivity index (χ0v) is 18.6. The van der Waals surface area contributed by atoms with Crippen molar-refractivity contribution in [3.8, 4) is 22.9 Å². The number of aromatic nitrogens is 2. The molecule has 33 heavy (non-hydrogen) atoms. The van der Waals surface area contributed by atoms with Gasteiger partial charge in [-0.2, -0.15) is 0 Å². The number of hydrogen-bond acceptors (Lipinski definition) is 4. The van der Waals surface area contributed by atoms with E-state index in [2.05, 4.69) is 20.6 Å². The number of aromatic amines is 1. The second-order valence-corrected chi connectivity index (χ2v) is 8.36. The summed E-state index contributed by atoms with van der Waals surface area (Å²) in [6.07, 6.45) is 3.92. The summed E-state index contributed by atoms with van der Waals surface area (Å²) in [7, 11) is 1.57. The Morgan fingerprint density at radius 1 is 1.06 bits per heavy atom. The van der Waals surface area contributed by atoms with Gasteiger partial charge in [0, 0.05) is 11.3 Å². The third-order valence-corrected chi connectivity index (χ3v) is 5.42. The topological polar surface area (TPSA) is 88.3 Å². The molecule has 0 spiro atoms. The van der Waals surface area contributed by atoms with E-state index in [9.17, 15) is 4.79 Å². The lowest BCUT2D eigenvalue weighted by atomic mass is 10.0. The number of carbonyl (C=O) groups is 1. The zero-order chi connectivity index (χ0) is 23.0. The van der Waals surface area contributed by atoms with Crippen LogP contribution in [0.4, 0.5) is 16.2 Å². The van der Waals surface area contributed by atoms with E-state index in [1.54, 1.807) is 13.2 Å². The van der Waals surface area contributed by atoms with Gasteiger partial charge in [-0.05, 0) is 56.3 Å². The van der Waals surface area contributed by atoms with Crippen molar-refractivity contribution in [2.24, 2.45) is 0 Å². The van der Waals surface area contributed by atoms with Gasteiger partial charge in [-0.25, -0.2) is 9.78 Å². The van der Waals surface area contributed by atoms with Crippen LogP contribution in [-0.4, -0.2) is 28.7 Å². The second kappa shape index (κ2) is 8.02. The molecule has 1 aliphatic heterocycles. The standard InChI is InChI=1S/C26H24N4O3/c1-26(2)14-13-18-22(33-26)12-11-20(23(18)32-3)30-25(31)27-17-9-10-19-21(15-17)29-24(28-19)16-7-5-4-6-8-16/h4-15H,1-3H3,(H,28,29)(H2,27,30,31). The van der Waals surface area contributed by atoms with Gasteiger partial charge in [0.25, 0.3) is 0 Å². The molecule has 0 radical (unpaired) electrons. The molecule has 5 rings (SSSR count). The molecular weight excluding hydrogens is 416 g/mol. The first kappa shape index (κ1) is 20.6. The Balaban J connectivity index is 1.35. The Hall–Kier alpha value is -4.26. The summed E-state index contributed by atoms with van der Waals surface area (Å²) >= 11 is 0. The minimum absolute atomic E-state index is 0.382. The Kier molecular flexibility index (Phi) is 5.01. The number of rotatable bonds is 4. The predicted octanol–water partition coefficient (Wildman–Crippen LogP) is 6.07. The molecule has 166 valence electrons. The van der Waals surface area contributed by atoms with Crippen molar-refractivity contribution in [3.05, 3.63) is 72.3 Å². The van der Waals surface area contributed by atoms with E-state index in [4.69, 9.17) is 9.47 Å². The van der Waals surface area contributed by atoms with E-state index in [1.807, 2.05) is 80.6 Å². The third kappa shape index (κ3) is 4.13. The van der Waals surface area contributed by atoms with Crippen LogP contribution in [0.5, 0.6) is 11.5 Å². The van der Waals surface area contributed by atoms with Gasteiger partial charge < -0.3 is 25.1 Å². The van der Waals surface area contributed by atoms with Crippen LogP contribution in [0.1, 0.15) is 19.4 Å². The summed E-state index contributed by atoms with van der Waals surface area (Å²) < 4.78 is 11.6. The number of amides is 2. The first-order chi connectivity index (χ1) is 15.9. The van der Waals surface area contributed by atoms with Crippen LogP contribution in [0.15, 0.2) is 66.7 Å². The molecule has 3 N–H and O–H groups in total. The van der Waals surface area contributed by atoms with E-state index >= 15 is 0 Å². The highest BCUT2D eigenvalue weighted by molar-refractivity contribution is 6.02. The lowest BCUT2D eigenvalue weighted by molar-refractivity contribution is 0.158. The van der Waals surface area contributed by atoms with Gasteiger partial charge in [0.05, 0.1) is 29.4 Å². The maximum atomic E-state index is 12.7. The Bertz CT molecular complexity index is 1370. The number of fused-ring (bicyclic) bond motifs is 2. The second-order valence-electron chi connectivity index (χ2n) is 8.36. The van der Waals surface area contributed by atoms with Crippen molar-refractivity contribution >= 4 is 34.5 Å². The van der Waals surface area contributed by atoms with Crippen molar-refractivity contribution in [2.45, 2.75) is 19.4 Å². The van der Waals surface area contributed by atoms with Gasteiger partial charge in [0.1, 0.15) is 17.2 Å². The lowest BCUT2D eigenvalue weighted by Crippen LogP contribution is -2.27. The molecule has 4 aromatic rings. The number of methoxy groups -OCH3 is 1. The Labute approximate surface area is 191 Å². The van der Waals surface area contributed by atoms with E-state index in [0.29, 0.717) is 22.9 Å². The van der Waals surface area contributed by atoms with Gasteiger partial charge in [-0.1, -0.05) is 30.3 Å². The van der Waals surface area contributed by atoms with Crippen LogP contribution in [0.3, 0.4) is 0 Å². The van der Waals surface area contributed by atoms with Crippen LogP contribution in [-0.2, 0) is 0 Å². The van der Waals surface area contributed by atoms with Crippen LogP contribution in [0, 0.1) is 0 Å². The smallest absolute Gasteiger partial charge is 0.323 e. The summed E-state index contributed by atoms with van der Waals surface area (Å²) in [5.41, 5.74) is 4.24. The highest BCUT2D eigenvalue weighted by atomic mass is 16.5. The van der Waals surface area contributed by atoms with E-state index in [0.717, 1.165) is 28.0 Å². The fourth-order valence-corrected chi connectivity index (χ4v) is 3.85.